The van der Waals surface area contributed by atoms with Gasteiger partial charge in [-0.15, -0.1) is 6.42 Å². The second kappa shape index (κ2) is 13.9. The van der Waals surface area contributed by atoms with Crippen LogP contribution in [0.1, 0.15) is 76.5 Å². The fourth-order valence-corrected chi connectivity index (χ4v) is 7.52. The lowest BCUT2D eigenvalue weighted by Crippen LogP contribution is -2.43. The maximum atomic E-state index is 16.8. The van der Waals surface area contributed by atoms with E-state index in [1.165, 1.54) is 6.07 Å². The van der Waals surface area contributed by atoms with Gasteiger partial charge in [-0.1, -0.05) is 50.5 Å². The maximum Gasteiger partial charge on any atom is 0.319 e. The number of aromatic nitrogens is 3. The number of anilines is 1. The minimum absolute atomic E-state index is 0.0271. The molecule has 2 saturated heterocycles. The Kier molecular flexibility index (Phi) is 9.67. The Bertz CT molecular complexity index is 1760. The van der Waals surface area contributed by atoms with Crippen molar-refractivity contribution < 1.29 is 13.5 Å². The summed E-state index contributed by atoms with van der Waals surface area (Å²) in [5.41, 5.74) is 7.75. The average molecular weight is 627 g/mol. The van der Waals surface area contributed by atoms with Gasteiger partial charge in [-0.2, -0.15) is 9.97 Å². The first-order valence-electron chi connectivity index (χ1n) is 16.8. The summed E-state index contributed by atoms with van der Waals surface area (Å²) < 4.78 is 37.9. The van der Waals surface area contributed by atoms with E-state index in [9.17, 15) is 4.39 Å². The molecule has 4 heterocycles. The van der Waals surface area contributed by atoms with Crippen molar-refractivity contribution in [1.29, 1.82) is 0 Å². The monoisotopic (exact) mass is 626 g/mol. The number of nitrogens with zero attached hydrogens (tertiary/aromatic N) is 4. The molecular weight excluding hydrogens is 582 g/mol. The Morgan fingerprint density at radius 2 is 1.89 bits per heavy atom. The van der Waals surface area contributed by atoms with Crippen LogP contribution in [0.5, 0.6) is 6.01 Å². The molecule has 0 aliphatic carbocycles. The van der Waals surface area contributed by atoms with Crippen LogP contribution in [-0.4, -0.2) is 58.2 Å². The first-order valence-corrected chi connectivity index (χ1v) is 16.8. The highest BCUT2D eigenvalue weighted by atomic mass is 19.1. The topological polar surface area (TPSA) is 89.2 Å². The number of nitrogens with one attached hydrogen (secondary N) is 1. The van der Waals surface area contributed by atoms with Gasteiger partial charge in [0.15, 0.2) is 5.82 Å². The molecule has 9 heteroatoms. The van der Waals surface area contributed by atoms with E-state index in [0.717, 1.165) is 77.5 Å². The van der Waals surface area contributed by atoms with E-state index in [4.69, 9.17) is 21.9 Å². The van der Waals surface area contributed by atoms with Crippen molar-refractivity contribution in [3.8, 4) is 29.6 Å². The lowest BCUT2D eigenvalue weighted by molar-refractivity contribution is 0.108. The Labute approximate surface area is 270 Å². The Morgan fingerprint density at radius 1 is 1.09 bits per heavy atom. The number of hydrogen-bond donors (Lipinski definition) is 2. The first-order chi connectivity index (χ1) is 22.4. The molecule has 0 spiro atoms. The minimum Gasteiger partial charge on any atom is -0.461 e. The highest BCUT2D eigenvalue weighted by Crippen LogP contribution is 2.40. The molecule has 1 unspecified atom stereocenters. The molecule has 0 radical (unpaired) electrons. The third kappa shape index (κ3) is 6.13. The molecule has 0 saturated carbocycles. The largest absolute Gasteiger partial charge is 0.461 e. The molecule has 4 aromatic rings. The molecule has 6 rings (SSSR count). The van der Waals surface area contributed by atoms with Crippen molar-refractivity contribution in [3.63, 3.8) is 0 Å². The van der Waals surface area contributed by atoms with Crippen LogP contribution in [0.2, 0.25) is 0 Å². The molecule has 7 nitrogen and oxygen atoms in total. The summed E-state index contributed by atoms with van der Waals surface area (Å²) in [4.78, 5) is 16.5. The fourth-order valence-electron chi connectivity index (χ4n) is 7.52. The maximum absolute atomic E-state index is 16.8. The first kappa shape index (κ1) is 32.1. The van der Waals surface area contributed by atoms with Crippen LogP contribution in [0.15, 0.2) is 30.3 Å². The van der Waals surface area contributed by atoms with Gasteiger partial charge in [0.2, 0.25) is 0 Å². The van der Waals surface area contributed by atoms with Gasteiger partial charge in [0.1, 0.15) is 29.5 Å². The van der Waals surface area contributed by atoms with Crippen LogP contribution < -0.4 is 15.8 Å². The number of terminal acetylenes is 1. The fraction of sp³-hybridized carbons (Fsp3) is 0.486. The van der Waals surface area contributed by atoms with Crippen molar-refractivity contribution in [3.05, 3.63) is 53.2 Å². The normalized spacial score (nSPS) is 16.6. The molecule has 242 valence electrons. The summed E-state index contributed by atoms with van der Waals surface area (Å²) in [5, 5.41) is 5.06. The van der Waals surface area contributed by atoms with Crippen LogP contribution in [0.4, 0.5) is 14.6 Å². The number of ether oxygens (including phenoxy) is 1. The van der Waals surface area contributed by atoms with Crippen LogP contribution in [-0.2, 0) is 6.42 Å². The van der Waals surface area contributed by atoms with Gasteiger partial charge in [0, 0.05) is 10.9 Å². The third-order valence-corrected chi connectivity index (χ3v) is 10.0. The highest BCUT2D eigenvalue weighted by Gasteiger charge is 2.45. The molecule has 0 amide bonds. The molecule has 2 aromatic heterocycles. The Balaban J connectivity index is 1.42. The van der Waals surface area contributed by atoms with Crippen molar-refractivity contribution in [2.24, 2.45) is 5.92 Å². The Hall–Kier alpha value is -3.87. The lowest BCUT2D eigenvalue weighted by Gasteiger charge is -2.31. The summed E-state index contributed by atoms with van der Waals surface area (Å²) >= 11 is 0. The number of hydrogen-bond acceptors (Lipinski definition) is 7. The molecule has 2 fully saturated rings. The van der Waals surface area contributed by atoms with E-state index in [1.54, 1.807) is 18.2 Å². The molecule has 2 aliphatic rings. The summed E-state index contributed by atoms with van der Waals surface area (Å²) in [5.74, 6) is 1.93. The van der Waals surface area contributed by atoms with Gasteiger partial charge in [-0.25, -0.2) is 13.8 Å². The molecule has 0 bridgehead atoms. The number of pyridine rings is 1. The van der Waals surface area contributed by atoms with Gasteiger partial charge in [-0.05, 0) is 94.9 Å². The van der Waals surface area contributed by atoms with Crippen LogP contribution >= 0.6 is 0 Å². The Morgan fingerprint density at radius 3 is 2.63 bits per heavy atom. The second-order valence-corrected chi connectivity index (χ2v) is 12.9. The van der Waals surface area contributed by atoms with E-state index >= 15 is 4.39 Å². The highest BCUT2D eigenvalue weighted by molar-refractivity contribution is 6.02. The molecule has 2 aromatic carbocycles. The molecular formula is C37H44F2N6O. The van der Waals surface area contributed by atoms with Gasteiger partial charge in [-0.3, -0.25) is 4.90 Å². The van der Waals surface area contributed by atoms with Crippen LogP contribution in [0, 0.1) is 29.9 Å². The third-order valence-electron chi connectivity index (χ3n) is 10.0. The lowest BCUT2D eigenvalue weighted by atomic mass is 9.95. The van der Waals surface area contributed by atoms with Crippen LogP contribution in [0.3, 0.4) is 0 Å². The van der Waals surface area contributed by atoms with E-state index in [1.807, 2.05) is 6.07 Å². The van der Waals surface area contributed by atoms with E-state index in [-0.39, 0.29) is 34.1 Å². The zero-order chi connectivity index (χ0) is 32.3. The van der Waals surface area contributed by atoms with E-state index in [0.29, 0.717) is 46.4 Å². The number of nitrogen functional groups attached to an aromatic ring is 1. The van der Waals surface area contributed by atoms with E-state index in [2.05, 4.69) is 40.0 Å². The molecule has 46 heavy (non-hydrogen) atoms. The van der Waals surface area contributed by atoms with Crippen molar-refractivity contribution >= 4 is 27.5 Å². The van der Waals surface area contributed by atoms with Gasteiger partial charge < -0.3 is 15.8 Å². The van der Waals surface area contributed by atoms with Crippen LogP contribution in [0.25, 0.3) is 32.9 Å². The minimum atomic E-state index is -0.658. The summed E-state index contributed by atoms with van der Waals surface area (Å²) in [7, 11) is 0. The number of fused-ring (bicyclic) bond motifs is 3. The van der Waals surface area contributed by atoms with Gasteiger partial charge in [0.05, 0.1) is 22.2 Å². The second-order valence-electron chi connectivity index (χ2n) is 12.9. The number of nitrogens with two attached hydrogens (primary N) is 1. The predicted octanol–water partition coefficient (Wildman–Crippen LogP) is 7.04. The number of halogens is 2. The standard InChI is InChI=1S/C37H44F2N6O/c1-4-19-41-22-24(5-2)11-7-14-29-31-34(43-36(44-35(31)40)46-23-37-17-9-20-45(37)21-10-18-37)32(39)33(42-29)27-13-8-12-25-15-16-28(38)26(6-3)30(25)27/h3,8,12-13,15-16,24,41H,4-5,7,9-11,14,17-23H2,1-2H3,(H2,40,43,44). The average Bonchev–Trinajstić information content (AvgIpc) is 3.65. The van der Waals surface area contributed by atoms with Crippen molar-refractivity contribution in [2.45, 2.75) is 77.2 Å². The molecule has 2 aliphatic heterocycles. The number of benzene rings is 2. The molecule has 1 atom stereocenters. The predicted molar refractivity (Wildman–Crippen MR) is 181 cm³/mol. The van der Waals surface area contributed by atoms with Crippen molar-refractivity contribution in [1.82, 2.24) is 25.2 Å². The van der Waals surface area contributed by atoms with Crippen molar-refractivity contribution in [2.75, 3.05) is 38.5 Å². The van der Waals surface area contributed by atoms with Gasteiger partial charge in [0.25, 0.3) is 0 Å². The quantitative estimate of drug-likeness (QED) is 0.122. The summed E-state index contributed by atoms with van der Waals surface area (Å²) in [6.45, 7) is 8.87. The molecule has 3 N–H and O–H groups in total. The number of aryl methyl sites for hydroxylation is 1. The zero-order valence-corrected chi connectivity index (χ0v) is 27.0. The van der Waals surface area contributed by atoms with Gasteiger partial charge >= 0.3 is 6.01 Å². The smallest absolute Gasteiger partial charge is 0.319 e. The van der Waals surface area contributed by atoms with E-state index < -0.39 is 11.6 Å². The summed E-state index contributed by atoms with van der Waals surface area (Å²) in [6, 6.07) is 8.40. The SMILES string of the molecule is C#Cc1c(F)ccc2cccc(-c3nc(CCCC(CC)CNCCC)c4c(N)nc(OCC56CCCN5CCC6)nc4c3F)c12. The zero-order valence-electron chi connectivity index (χ0n) is 27.0. The summed E-state index contributed by atoms with van der Waals surface area (Å²) in [6.07, 6.45) is 14.7. The number of rotatable bonds is 13.